The molecule has 4 N–H and O–H groups in total. The highest BCUT2D eigenvalue weighted by atomic mass is 16.3. The van der Waals surface area contributed by atoms with Crippen molar-refractivity contribution in [3.63, 3.8) is 0 Å². The fourth-order valence-electron chi connectivity index (χ4n) is 1.80. The zero-order chi connectivity index (χ0) is 13.4. The molecule has 0 fully saturated rings. The number of hydrogen-bond donors (Lipinski definition) is 3. The van der Waals surface area contributed by atoms with Gasteiger partial charge in [-0.1, -0.05) is 18.6 Å². The number of nitrogens with two attached hydrogens (primary N) is 1. The van der Waals surface area contributed by atoms with Gasteiger partial charge in [0.05, 0.1) is 6.04 Å². The molecule has 0 heterocycles. The third kappa shape index (κ3) is 5.19. The smallest absolute Gasteiger partial charge is 0.220 e. The molecule has 0 radical (unpaired) electrons. The third-order valence-corrected chi connectivity index (χ3v) is 2.86. The molecule has 0 bridgehead atoms. The minimum absolute atomic E-state index is 0.0443. The van der Waals surface area contributed by atoms with Crippen molar-refractivity contribution in [2.24, 2.45) is 5.73 Å². The molecular weight excluding hydrogens is 228 g/mol. The van der Waals surface area contributed by atoms with Crippen LogP contribution in [0.1, 0.15) is 44.2 Å². The molecule has 0 aliphatic rings. The van der Waals surface area contributed by atoms with Crippen molar-refractivity contribution in [2.45, 2.75) is 38.6 Å². The van der Waals surface area contributed by atoms with E-state index in [1.165, 1.54) is 0 Å². The van der Waals surface area contributed by atoms with Crippen LogP contribution in [0.3, 0.4) is 0 Å². The number of phenolic OH excluding ortho intramolecular Hbond substituents is 1. The maximum absolute atomic E-state index is 11.7. The van der Waals surface area contributed by atoms with Gasteiger partial charge in [0.25, 0.3) is 0 Å². The van der Waals surface area contributed by atoms with Gasteiger partial charge >= 0.3 is 0 Å². The first-order valence-electron chi connectivity index (χ1n) is 6.42. The summed E-state index contributed by atoms with van der Waals surface area (Å²) >= 11 is 0. The fraction of sp³-hybridized carbons (Fsp3) is 0.500. The van der Waals surface area contributed by atoms with Crippen LogP contribution in [0.5, 0.6) is 5.75 Å². The standard InChI is InChI=1S/C14H22N2O2/c1-11(12-6-5-7-13(17)10-12)16-14(18)8-3-2-4-9-15/h5-7,10-11,17H,2-4,8-9,15H2,1H3,(H,16,18). The predicted molar refractivity (Wildman–Crippen MR) is 72.2 cm³/mol. The lowest BCUT2D eigenvalue weighted by Crippen LogP contribution is -2.26. The lowest BCUT2D eigenvalue weighted by molar-refractivity contribution is -0.121. The Kier molecular flexibility index (Phi) is 6.22. The van der Waals surface area contributed by atoms with Crippen molar-refractivity contribution < 1.29 is 9.90 Å². The second-order valence-corrected chi connectivity index (χ2v) is 4.48. The number of carbonyl (C=O) groups is 1. The van der Waals surface area contributed by atoms with Crippen molar-refractivity contribution in [2.75, 3.05) is 6.54 Å². The molecule has 0 aliphatic carbocycles. The Bertz CT molecular complexity index is 380. The Hall–Kier alpha value is -1.55. The zero-order valence-corrected chi connectivity index (χ0v) is 10.9. The molecule has 0 aliphatic heterocycles. The number of nitrogens with one attached hydrogen (secondary N) is 1. The average Bonchev–Trinajstić information content (AvgIpc) is 2.34. The van der Waals surface area contributed by atoms with Gasteiger partial charge in [0, 0.05) is 6.42 Å². The van der Waals surface area contributed by atoms with Gasteiger partial charge in [-0.25, -0.2) is 0 Å². The van der Waals surface area contributed by atoms with Crippen LogP contribution in [0.25, 0.3) is 0 Å². The number of carbonyl (C=O) groups excluding carboxylic acids is 1. The van der Waals surface area contributed by atoms with Crippen LogP contribution in [-0.2, 0) is 4.79 Å². The number of amides is 1. The quantitative estimate of drug-likeness (QED) is 0.649. The molecule has 1 amide bonds. The number of unbranched alkanes of at least 4 members (excludes halogenated alkanes) is 2. The van der Waals surface area contributed by atoms with Gasteiger partial charge in [-0.3, -0.25) is 4.79 Å². The van der Waals surface area contributed by atoms with E-state index in [4.69, 9.17) is 5.73 Å². The number of phenols is 1. The molecule has 1 aromatic rings. The summed E-state index contributed by atoms with van der Waals surface area (Å²) in [5.74, 6) is 0.263. The Morgan fingerprint density at radius 2 is 2.17 bits per heavy atom. The fourth-order valence-corrected chi connectivity index (χ4v) is 1.80. The molecule has 4 heteroatoms. The van der Waals surface area contributed by atoms with Crippen LogP contribution in [0.2, 0.25) is 0 Å². The normalized spacial score (nSPS) is 12.1. The maximum atomic E-state index is 11.7. The van der Waals surface area contributed by atoms with Crippen LogP contribution in [0.15, 0.2) is 24.3 Å². The molecule has 0 saturated carbocycles. The Labute approximate surface area is 108 Å². The lowest BCUT2D eigenvalue weighted by atomic mass is 10.1. The Morgan fingerprint density at radius 1 is 1.39 bits per heavy atom. The summed E-state index contributed by atoms with van der Waals surface area (Å²) in [6.45, 7) is 2.59. The van der Waals surface area contributed by atoms with Gasteiger partial charge < -0.3 is 16.2 Å². The first-order chi connectivity index (χ1) is 8.63. The van der Waals surface area contributed by atoms with E-state index in [0.29, 0.717) is 13.0 Å². The van der Waals surface area contributed by atoms with Gasteiger partial charge in [0.15, 0.2) is 0 Å². The van der Waals surface area contributed by atoms with E-state index in [1.807, 2.05) is 13.0 Å². The molecule has 18 heavy (non-hydrogen) atoms. The largest absolute Gasteiger partial charge is 0.508 e. The van der Waals surface area contributed by atoms with Crippen molar-refractivity contribution in [1.82, 2.24) is 5.32 Å². The summed E-state index contributed by atoms with van der Waals surface area (Å²) in [6.07, 6.45) is 3.36. The van der Waals surface area contributed by atoms with E-state index in [-0.39, 0.29) is 17.7 Å². The first kappa shape index (κ1) is 14.5. The summed E-state index contributed by atoms with van der Waals surface area (Å²) in [7, 11) is 0. The van der Waals surface area contributed by atoms with Gasteiger partial charge in [-0.05, 0) is 44.0 Å². The lowest BCUT2D eigenvalue weighted by Gasteiger charge is -2.14. The van der Waals surface area contributed by atoms with Crippen LogP contribution in [-0.4, -0.2) is 17.6 Å². The topological polar surface area (TPSA) is 75.4 Å². The molecule has 1 atom stereocenters. The molecule has 0 aromatic heterocycles. The zero-order valence-electron chi connectivity index (χ0n) is 10.9. The summed E-state index contributed by atoms with van der Waals surface area (Å²) < 4.78 is 0. The van der Waals surface area contributed by atoms with Gasteiger partial charge in [0.2, 0.25) is 5.91 Å². The molecule has 100 valence electrons. The maximum Gasteiger partial charge on any atom is 0.220 e. The minimum atomic E-state index is -0.0842. The molecule has 1 aromatic carbocycles. The van der Waals surface area contributed by atoms with E-state index >= 15 is 0 Å². The molecule has 0 saturated heterocycles. The van der Waals surface area contributed by atoms with Crippen molar-refractivity contribution in [3.05, 3.63) is 29.8 Å². The van der Waals surface area contributed by atoms with Gasteiger partial charge in [0.1, 0.15) is 5.75 Å². The highest BCUT2D eigenvalue weighted by molar-refractivity contribution is 5.76. The third-order valence-electron chi connectivity index (χ3n) is 2.86. The second kappa shape index (κ2) is 7.71. The van der Waals surface area contributed by atoms with E-state index in [9.17, 15) is 9.90 Å². The van der Waals surface area contributed by atoms with Crippen LogP contribution in [0, 0.1) is 0 Å². The summed E-state index contributed by atoms with van der Waals surface area (Å²) in [5.41, 5.74) is 6.30. The summed E-state index contributed by atoms with van der Waals surface area (Å²) in [4.78, 5) is 11.7. The van der Waals surface area contributed by atoms with Crippen molar-refractivity contribution >= 4 is 5.91 Å². The van der Waals surface area contributed by atoms with Crippen LogP contribution < -0.4 is 11.1 Å². The highest BCUT2D eigenvalue weighted by Crippen LogP contribution is 2.17. The summed E-state index contributed by atoms with van der Waals surface area (Å²) in [6, 6.07) is 6.86. The Morgan fingerprint density at radius 3 is 2.83 bits per heavy atom. The SMILES string of the molecule is CC(NC(=O)CCCCCN)c1cccc(O)c1. The monoisotopic (exact) mass is 250 g/mol. The molecule has 1 rings (SSSR count). The molecule has 4 nitrogen and oxygen atoms in total. The van der Waals surface area contributed by atoms with Crippen molar-refractivity contribution in [3.8, 4) is 5.75 Å². The predicted octanol–water partition coefficient (Wildman–Crippen LogP) is 2.09. The van der Waals surface area contributed by atoms with Crippen LogP contribution >= 0.6 is 0 Å². The number of benzene rings is 1. The van der Waals surface area contributed by atoms with Gasteiger partial charge in [-0.2, -0.15) is 0 Å². The molecule has 1 unspecified atom stereocenters. The first-order valence-corrected chi connectivity index (χ1v) is 6.42. The van der Waals surface area contributed by atoms with E-state index in [1.54, 1.807) is 18.2 Å². The second-order valence-electron chi connectivity index (χ2n) is 4.48. The summed E-state index contributed by atoms with van der Waals surface area (Å²) in [5, 5.41) is 12.3. The van der Waals surface area contributed by atoms with Crippen LogP contribution in [0.4, 0.5) is 0 Å². The molecule has 0 spiro atoms. The average molecular weight is 250 g/mol. The number of rotatable bonds is 7. The molecular formula is C14H22N2O2. The van der Waals surface area contributed by atoms with E-state index in [0.717, 1.165) is 24.8 Å². The van der Waals surface area contributed by atoms with E-state index < -0.39 is 0 Å². The minimum Gasteiger partial charge on any atom is -0.508 e. The van der Waals surface area contributed by atoms with Crippen molar-refractivity contribution in [1.29, 1.82) is 0 Å². The Balaban J connectivity index is 2.35. The van der Waals surface area contributed by atoms with Gasteiger partial charge in [-0.15, -0.1) is 0 Å². The number of hydrogen-bond acceptors (Lipinski definition) is 3. The van der Waals surface area contributed by atoms with E-state index in [2.05, 4.69) is 5.32 Å². The number of aromatic hydroxyl groups is 1. The highest BCUT2D eigenvalue weighted by Gasteiger charge is 2.09.